The van der Waals surface area contributed by atoms with Crippen LogP contribution in [0, 0.1) is 0 Å². The number of aliphatic hydroxyl groups excluding tert-OH is 1. The van der Waals surface area contributed by atoms with E-state index in [9.17, 15) is 4.79 Å². The van der Waals surface area contributed by atoms with Crippen LogP contribution in [0.1, 0.15) is 33.6 Å². The van der Waals surface area contributed by atoms with Gasteiger partial charge in [0.25, 0.3) is 0 Å². The summed E-state index contributed by atoms with van der Waals surface area (Å²) < 4.78 is 9.73. The van der Waals surface area contributed by atoms with Crippen molar-refractivity contribution in [3.63, 3.8) is 0 Å². The zero-order valence-corrected chi connectivity index (χ0v) is 11.7. The predicted molar refractivity (Wildman–Crippen MR) is 71.3 cm³/mol. The van der Waals surface area contributed by atoms with Crippen molar-refractivity contribution in [2.75, 3.05) is 20.3 Å². The van der Waals surface area contributed by atoms with E-state index in [0.29, 0.717) is 6.61 Å². The van der Waals surface area contributed by atoms with E-state index in [1.807, 2.05) is 13.0 Å². The molecule has 0 aliphatic heterocycles. The van der Waals surface area contributed by atoms with Gasteiger partial charge in [-0.15, -0.1) is 0 Å². The quantitative estimate of drug-likeness (QED) is 0.534. The lowest BCUT2D eigenvalue weighted by Gasteiger charge is -2.11. The largest absolute Gasteiger partial charge is 0.467 e. The van der Waals surface area contributed by atoms with Crippen LogP contribution < -0.4 is 0 Å². The summed E-state index contributed by atoms with van der Waals surface area (Å²) in [6.45, 7) is 6.11. The van der Waals surface area contributed by atoms with Crippen LogP contribution in [0.3, 0.4) is 0 Å². The number of methoxy groups -OCH3 is 1. The molecule has 1 atom stereocenters. The predicted octanol–water partition coefficient (Wildman–Crippen LogP) is 2.23. The molecule has 0 rings (SSSR count). The molecule has 0 heterocycles. The SMILES string of the molecule is COC(=O)C(CO)OC/C=C(\C)CCC=C(C)C. The van der Waals surface area contributed by atoms with Gasteiger partial charge in [0, 0.05) is 0 Å². The van der Waals surface area contributed by atoms with E-state index in [1.54, 1.807) is 0 Å². The van der Waals surface area contributed by atoms with E-state index in [4.69, 9.17) is 9.84 Å². The van der Waals surface area contributed by atoms with Crippen LogP contribution in [-0.4, -0.2) is 37.5 Å². The van der Waals surface area contributed by atoms with Crippen molar-refractivity contribution < 1.29 is 19.4 Å². The van der Waals surface area contributed by atoms with Crippen LogP contribution in [0.2, 0.25) is 0 Å². The van der Waals surface area contributed by atoms with Crippen molar-refractivity contribution in [1.82, 2.24) is 0 Å². The fraction of sp³-hybridized carbons (Fsp3) is 0.643. The van der Waals surface area contributed by atoms with Gasteiger partial charge in [0.05, 0.1) is 20.3 Å². The van der Waals surface area contributed by atoms with E-state index < -0.39 is 12.1 Å². The summed E-state index contributed by atoms with van der Waals surface area (Å²) in [5, 5.41) is 8.94. The van der Waals surface area contributed by atoms with Crippen molar-refractivity contribution >= 4 is 5.97 Å². The minimum atomic E-state index is -0.892. The second kappa shape index (κ2) is 9.85. The monoisotopic (exact) mass is 256 g/mol. The van der Waals surface area contributed by atoms with Gasteiger partial charge >= 0.3 is 5.97 Å². The third-order valence-corrected chi connectivity index (χ3v) is 2.45. The summed E-state index contributed by atoms with van der Waals surface area (Å²) in [7, 11) is 1.27. The Bertz CT molecular complexity index is 301. The van der Waals surface area contributed by atoms with E-state index in [1.165, 1.54) is 18.3 Å². The molecule has 0 aliphatic carbocycles. The number of rotatable bonds is 8. The van der Waals surface area contributed by atoms with Crippen molar-refractivity contribution in [2.24, 2.45) is 0 Å². The molecule has 18 heavy (non-hydrogen) atoms. The van der Waals surface area contributed by atoms with Gasteiger partial charge in [-0.2, -0.15) is 0 Å². The summed E-state index contributed by atoms with van der Waals surface area (Å²) in [5.74, 6) is -0.548. The number of allylic oxidation sites excluding steroid dienone is 3. The average molecular weight is 256 g/mol. The number of aliphatic hydroxyl groups is 1. The molecule has 0 amide bonds. The Morgan fingerprint density at radius 3 is 2.44 bits per heavy atom. The average Bonchev–Trinajstić information content (AvgIpc) is 2.33. The minimum Gasteiger partial charge on any atom is -0.467 e. The van der Waals surface area contributed by atoms with Gasteiger partial charge in [-0.05, 0) is 33.6 Å². The maximum atomic E-state index is 11.1. The van der Waals surface area contributed by atoms with Gasteiger partial charge in [-0.3, -0.25) is 0 Å². The first-order valence-electron chi connectivity index (χ1n) is 6.10. The van der Waals surface area contributed by atoms with Gasteiger partial charge in [-0.1, -0.05) is 23.3 Å². The zero-order valence-electron chi connectivity index (χ0n) is 11.7. The number of carbonyl (C=O) groups excluding carboxylic acids is 1. The second-order valence-corrected chi connectivity index (χ2v) is 4.40. The number of ether oxygens (including phenoxy) is 2. The van der Waals surface area contributed by atoms with E-state index in [0.717, 1.165) is 12.8 Å². The molecule has 0 aromatic carbocycles. The molecule has 0 spiro atoms. The summed E-state index contributed by atoms with van der Waals surface area (Å²) in [6.07, 6.45) is 5.19. The molecule has 0 saturated heterocycles. The van der Waals surface area contributed by atoms with Crippen LogP contribution in [0.4, 0.5) is 0 Å². The van der Waals surface area contributed by atoms with Crippen molar-refractivity contribution in [3.05, 3.63) is 23.3 Å². The molecular formula is C14H24O4. The van der Waals surface area contributed by atoms with E-state index in [-0.39, 0.29) is 6.61 Å². The highest BCUT2D eigenvalue weighted by Crippen LogP contribution is 2.07. The molecule has 0 saturated carbocycles. The third kappa shape index (κ3) is 8.03. The molecule has 4 nitrogen and oxygen atoms in total. The Labute approximate surface area is 109 Å². The number of carbonyl (C=O) groups is 1. The summed E-state index contributed by atoms with van der Waals surface area (Å²) in [4.78, 5) is 11.1. The van der Waals surface area contributed by atoms with Crippen molar-refractivity contribution in [3.8, 4) is 0 Å². The first-order valence-corrected chi connectivity index (χ1v) is 6.10. The molecule has 0 bridgehead atoms. The lowest BCUT2D eigenvalue weighted by atomic mass is 10.1. The topological polar surface area (TPSA) is 55.8 Å². The highest BCUT2D eigenvalue weighted by Gasteiger charge is 2.17. The lowest BCUT2D eigenvalue weighted by molar-refractivity contribution is -0.155. The number of hydrogen-bond acceptors (Lipinski definition) is 4. The number of hydrogen-bond donors (Lipinski definition) is 1. The van der Waals surface area contributed by atoms with Crippen LogP contribution in [0.5, 0.6) is 0 Å². The van der Waals surface area contributed by atoms with Crippen LogP contribution >= 0.6 is 0 Å². The Hall–Kier alpha value is -1.13. The summed E-state index contributed by atoms with van der Waals surface area (Å²) in [5.41, 5.74) is 2.51. The summed E-state index contributed by atoms with van der Waals surface area (Å²) in [6, 6.07) is 0. The molecule has 1 unspecified atom stereocenters. The lowest BCUT2D eigenvalue weighted by Crippen LogP contribution is -2.29. The maximum absolute atomic E-state index is 11.1. The van der Waals surface area contributed by atoms with Gasteiger partial charge in [-0.25, -0.2) is 4.79 Å². The molecule has 0 aromatic rings. The highest BCUT2D eigenvalue weighted by atomic mass is 16.6. The minimum absolute atomic E-state index is 0.307. The van der Waals surface area contributed by atoms with Gasteiger partial charge in [0.15, 0.2) is 6.10 Å². The fourth-order valence-electron chi connectivity index (χ4n) is 1.32. The maximum Gasteiger partial charge on any atom is 0.337 e. The van der Waals surface area contributed by atoms with Crippen LogP contribution in [0.25, 0.3) is 0 Å². The van der Waals surface area contributed by atoms with E-state index in [2.05, 4.69) is 24.7 Å². The van der Waals surface area contributed by atoms with Crippen molar-refractivity contribution in [1.29, 1.82) is 0 Å². The second-order valence-electron chi connectivity index (χ2n) is 4.40. The highest BCUT2D eigenvalue weighted by molar-refractivity contribution is 5.74. The molecule has 1 N–H and O–H groups in total. The third-order valence-electron chi connectivity index (χ3n) is 2.45. The standard InChI is InChI=1S/C14H24O4/c1-11(2)6-5-7-12(3)8-9-18-13(10-15)14(16)17-4/h6,8,13,15H,5,7,9-10H2,1-4H3/b12-8+. The Kier molecular flexibility index (Phi) is 9.24. The first-order chi connectivity index (χ1) is 8.51. The van der Waals surface area contributed by atoms with Gasteiger partial charge in [0.1, 0.15) is 0 Å². The summed E-state index contributed by atoms with van der Waals surface area (Å²) >= 11 is 0. The van der Waals surface area contributed by atoms with Crippen molar-refractivity contribution in [2.45, 2.75) is 39.7 Å². The molecule has 104 valence electrons. The molecular weight excluding hydrogens is 232 g/mol. The smallest absolute Gasteiger partial charge is 0.337 e. The normalized spacial score (nSPS) is 13.1. The van der Waals surface area contributed by atoms with Crippen LogP contribution in [-0.2, 0) is 14.3 Å². The number of esters is 1. The molecule has 0 radical (unpaired) electrons. The van der Waals surface area contributed by atoms with Gasteiger partial charge in [0.2, 0.25) is 0 Å². The Morgan fingerprint density at radius 2 is 1.94 bits per heavy atom. The van der Waals surface area contributed by atoms with E-state index >= 15 is 0 Å². The Morgan fingerprint density at radius 1 is 1.28 bits per heavy atom. The molecule has 0 fully saturated rings. The molecule has 0 aliphatic rings. The van der Waals surface area contributed by atoms with Crippen LogP contribution in [0.15, 0.2) is 23.3 Å². The molecule has 4 heteroatoms. The molecule has 0 aromatic heterocycles. The zero-order chi connectivity index (χ0) is 14.0. The Balaban J connectivity index is 3.98. The fourth-order valence-corrected chi connectivity index (χ4v) is 1.32. The van der Waals surface area contributed by atoms with Gasteiger partial charge < -0.3 is 14.6 Å². The first kappa shape index (κ1) is 16.9.